The maximum Gasteiger partial charge on any atom is 0.335 e. The van der Waals surface area contributed by atoms with Crippen molar-refractivity contribution < 1.29 is 19.1 Å². The van der Waals surface area contributed by atoms with E-state index in [-0.39, 0.29) is 31.1 Å². The van der Waals surface area contributed by atoms with Gasteiger partial charge >= 0.3 is 5.97 Å². The SMILES string of the molecule is COC(=O)C1=CN(C)[C@H](N2C(=O)CCC2=O)[C@@H](Cl)C1. The van der Waals surface area contributed by atoms with Crippen molar-refractivity contribution in [1.82, 2.24) is 9.80 Å². The summed E-state index contributed by atoms with van der Waals surface area (Å²) in [4.78, 5) is 37.8. The first kappa shape index (κ1) is 13.9. The first-order valence-electron chi connectivity index (χ1n) is 5.95. The molecule has 19 heavy (non-hydrogen) atoms. The largest absolute Gasteiger partial charge is 0.466 e. The van der Waals surface area contributed by atoms with E-state index in [1.807, 2.05) is 0 Å². The van der Waals surface area contributed by atoms with Gasteiger partial charge in [0.1, 0.15) is 6.17 Å². The highest BCUT2D eigenvalue weighted by molar-refractivity contribution is 6.22. The fourth-order valence-corrected chi connectivity index (χ4v) is 2.90. The van der Waals surface area contributed by atoms with Crippen molar-refractivity contribution in [3.8, 4) is 0 Å². The van der Waals surface area contributed by atoms with Crippen molar-refractivity contribution >= 4 is 29.4 Å². The van der Waals surface area contributed by atoms with Crippen LogP contribution in [0.1, 0.15) is 19.3 Å². The van der Waals surface area contributed by atoms with Crippen molar-refractivity contribution in [1.29, 1.82) is 0 Å². The minimum absolute atomic E-state index is 0.220. The Morgan fingerprint density at radius 3 is 2.42 bits per heavy atom. The molecule has 0 bridgehead atoms. The van der Waals surface area contributed by atoms with Gasteiger partial charge in [0.15, 0.2) is 0 Å². The Bertz CT molecular complexity index is 447. The van der Waals surface area contributed by atoms with E-state index in [0.717, 1.165) is 0 Å². The van der Waals surface area contributed by atoms with Crippen LogP contribution in [0.4, 0.5) is 0 Å². The summed E-state index contributed by atoms with van der Waals surface area (Å²) in [5.41, 5.74) is 0.431. The number of hydrogen-bond acceptors (Lipinski definition) is 5. The first-order chi connectivity index (χ1) is 8.95. The number of methoxy groups -OCH3 is 1. The van der Waals surface area contributed by atoms with Crippen LogP contribution < -0.4 is 0 Å². The third kappa shape index (κ3) is 2.45. The summed E-state index contributed by atoms with van der Waals surface area (Å²) in [5.74, 6) is -0.889. The molecule has 0 N–H and O–H groups in total. The van der Waals surface area contributed by atoms with Crippen molar-refractivity contribution in [2.24, 2.45) is 0 Å². The summed E-state index contributed by atoms with van der Waals surface area (Å²) < 4.78 is 4.65. The van der Waals surface area contributed by atoms with Gasteiger partial charge in [-0.25, -0.2) is 4.79 Å². The number of hydrogen-bond donors (Lipinski definition) is 0. The molecule has 2 atom stereocenters. The molecule has 2 amide bonds. The Kier molecular flexibility index (Phi) is 3.80. The van der Waals surface area contributed by atoms with Crippen LogP contribution in [0.3, 0.4) is 0 Å². The number of rotatable bonds is 2. The molecule has 6 nitrogen and oxygen atoms in total. The molecule has 1 fully saturated rings. The van der Waals surface area contributed by atoms with Gasteiger partial charge in [0.25, 0.3) is 0 Å². The first-order valence-corrected chi connectivity index (χ1v) is 6.39. The second-order valence-corrected chi connectivity index (χ2v) is 5.16. The summed E-state index contributed by atoms with van der Waals surface area (Å²) in [6.07, 6.45) is 1.74. The summed E-state index contributed by atoms with van der Waals surface area (Å²) in [7, 11) is 2.98. The van der Waals surface area contributed by atoms with E-state index in [0.29, 0.717) is 5.57 Å². The zero-order valence-electron chi connectivity index (χ0n) is 10.8. The Labute approximate surface area is 115 Å². The molecule has 0 saturated carbocycles. The van der Waals surface area contributed by atoms with Gasteiger partial charge < -0.3 is 9.64 Å². The normalized spacial score (nSPS) is 27.6. The summed E-state index contributed by atoms with van der Waals surface area (Å²) in [6, 6.07) is 0. The second kappa shape index (κ2) is 5.21. The third-order valence-corrected chi connectivity index (χ3v) is 3.70. The highest BCUT2D eigenvalue weighted by atomic mass is 35.5. The van der Waals surface area contributed by atoms with Crippen LogP contribution in [0.2, 0.25) is 0 Å². The molecule has 1 saturated heterocycles. The van der Waals surface area contributed by atoms with Crippen LogP contribution in [0.5, 0.6) is 0 Å². The lowest BCUT2D eigenvalue weighted by molar-refractivity contribution is -0.144. The van der Waals surface area contributed by atoms with E-state index in [4.69, 9.17) is 11.6 Å². The molecule has 2 heterocycles. The summed E-state index contributed by atoms with van der Waals surface area (Å²) >= 11 is 6.25. The number of alkyl halides is 1. The lowest BCUT2D eigenvalue weighted by Crippen LogP contribution is -2.54. The fourth-order valence-electron chi connectivity index (χ4n) is 2.45. The van der Waals surface area contributed by atoms with Crippen LogP contribution in [0, 0.1) is 0 Å². The van der Waals surface area contributed by atoms with Crippen molar-refractivity contribution in [2.75, 3.05) is 14.2 Å². The average molecular weight is 287 g/mol. The van der Waals surface area contributed by atoms with Gasteiger partial charge in [-0.2, -0.15) is 0 Å². The number of amides is 2. The number of imide groups is 1. The van der Waals surface area contributed by atoms with Gasteiger partial charge in [0.2, 0.25) is 11.8 Å². The van der Waals surface area contributed by atoms with E-state index in [1.165, 1.54) is 12.0 Å². The topological polar surface area (TPSA) is 66.9 Å². The van der Waals surface area contributed by atoms with Crippen molar-refractivity contribution in [3.63, 3.8) is 0 Å². The molecule has 0 aliphatic carbocycles. The molecule has 0 aromatic carbocycles. The van der Waals surface area contributed by atoms with Crippen molar-refractivity contribution in [2.45, 2.75) is 30.8 Å². The molecule has 0 spiro atoms. The molecule has 0 aromatic heterocycles. The predicted molar refractivity (Wildman–Crippen MR) is 67.0 cm³/mol. The highest BCUT2D eigenvalue weighted by Crippen LogP contribution is 2.30. The number of carbonyl (C=O) groups excluding carboxylic acids is 3. The van der Waals surface area contributed by atoms with Gasteiger partial charge in [0.05, 0.1) is 18.1 Å². The van der Waals surface area contributed by atoms with Crippen LogP contribution >= 0.6 is 11.6 Å². The van der Waals surface area contributed by atoms with Crippen LogP contribution in [-0.2, 0) is 19.1 Å². The van der Waals surface area contributed by atoms with E-state index in [9.17, 15) is 14.4 Å². The minimum atomic E-state index is -0.544. The molecular formula is C12H15ClN2O4. The van der Waals surface area contributed by atoms with Gasteiger partial charge in [-0.1, -0.05) is 0 Å². The zero-order valence-corrected chi connectivity index (χ0v) is 11.5. The summed E-state index contributed by atoms with van der Waals surface area (Å²) in [5, 5.41) is -0.532. The van der Waals surface area contributed by atoms with Gasteiger partial charge in [0, 0.05) is 32.5 Å². The zero-order chi connectivity index (χ0) is 14.2. The Morgan fingerprint density at radius 1 is 1.37 bits per heavy atom. The maximum atomic E-state index is 11.8. The number of nitrogens with zero attached hydrogens (tertiary/aromatic N) is 2. The van der Waals surface area contributed by atoms with Gasteiger partial charge in [-0.05, 0) is 0 Å². The smallest absolute Gasteiger partial charge is 0.335 e. The van der Waals surface area contributed by atoms with Crippen LogP contribution in [0.15, 0.2) is 11.8 Å². The van der Waals surface area contributed by atoms with E-state index in [1.54, 1.807) is 18.1 Å². The number of carbonyl (C=O) groups is 3. The molecular weight excluding hydrogens is 272 g/mol. The lowest BCUT2D eigenvalue weighted by Gasteiger charge is -2.39. The monoisotopic (exact) mass is 286 g/mol. The molecule has 0 aromatic rings. The third-order valence-electron chi connectivity index (χ3n) is 3.32. The van der Waals surface area contributed by atoms with Crippen molar-refractivity contribution in [3.05, 3.63) is 11.8 Å². The fraction of sp³-hybridized carbons (Fsp3) is 0.583. The lowest BCUT2D eigenvalue weighted by atomic mass is 10.0. The molecule has 7 heteroatoms. The van der Waals surface area contributed by atoms with Crippen LogP contribution in [0.25, 0.3) is 0 Å². The Morgan fingerprint density at radius 2 is 1.95 bits per heavy atom. The number of ether oxygens (including phenoxy) is 1. The standard InChI is InChI=1S/C12H15ClN2O4/c1-14-6-7(12(18)19-2)5-8(13)11(14)15-9(16)3-4-10(15)17/h6,8,11H,3-5H2,1-2H3/t8-,11+/m0/s1. The molecule has 2 rings (SSSR count). The highest BCUT2D eigenvalue weighted by Gasteiger charge is 2.42. The molecule has 2 aliphatic heterocycles. The predicted octanol–water partition coefficient (Wildman–Crippen LogP) is 0.461. The molecule has 2 aliphatic rings. The quantitative estimate of drug-likeness (QED) is 0.419. The summed E-state index contributed by atoms with van der Waals surface area (Å²) in [6.45, 7) is 0. The van der Waals surface area contributed by atoms with Gasteiger partial charge in [-0.3, -0.25) is 14.5 Å². The second-order valence-electron chi connectivity index (χ2n) is 4.60. The number of halogens is 1. The van der Waals surface area contributed by atoms with E-state index < -0.39 is 17.5 Å². The Hall–Kier alpha value is -1.56. The molecule has 0 unspecified atom stereocenters. The molecule has 0 radical (unpaired) electrons. The minimum Gasteiger partial charge on any atom is -0.466 e. The van der Waals surface area contributed by atoms with E-state index in [2.05, 4.69) is 4.74 Å². The molecule has 104 valence electrons. The number of esters is 1. The average Bonchev–Trinajstić information content (AvgIpc) is 2.68. The number of likely N-dealkylation sites (tertiary alicyclic amines) is 1. The van der Waals surface area contributed by atoms with Crippen LogP contribution in [-0.4, -0.2) is 53.3 Å². The van der Waals surface area contributed by atoms with E-state index >= 15 is 0 Å². The maximum absolute atomic E-state index is 11.8. The Balaban J connectivity index is 2.24. The van der Waals surface area contributed by atoms with Gasteiger partial charge in [-0.15, -0.1) is 11.6 Å².